The monoisotopic (exact) mass is 247 g/mol. The van der Waals surface area contributed by atoms with Crippen molar-refractivity contribution in [2.45, 2.75) is 13.8 Å². The molecule has 0 atom stereocenters. The number of carboxylic acid groups (broad SMARTS) is 2. The summed E-state index contributed by atoms with van der Waals surface area (Å²) in [6, 6.07) is 0. The Morgan fingerprint density at radius 2 is 1.00 bits per heavy atom. The van der Waals surface area contributed by atoms with Crippen LogP contribution in [0, 0.1) is 0 Å². The molecule has 61 valence electrons. The molecule has 0 amide bonds. The minimum atomic E-state index is -0.833. The smallest absolute Gasteiger partial charge is 0.300 e. The van der Waals surface area contributed by atoms with Gasteiger partial charge in [0.15, 0.2) is 0 Å². The Balaban J connectivity index is -0.0000000300. The van der Waals surface area contributed by atoms with Crippen LogP contribution in [0.5, 0.6) is 0 Å². The summed E-state index contributed by atoms with van der Waals surface area (Å²) in [5.74, 6) is -1.67. The van der Waals surface area contributed by atoms with Gasteiger partial charge in [-0.2, -0.15) is 0 Å². The molecule has 0 aromatic rings. The summed E-state index contributed by atoms with van der Waals surface area (Å²) < 4.78 is 0. The second-order valence-electron chi connectivity index (χ2n) is 1.04. The summed E-state index contributed by atoms with van der Waals surface area (Å²) in [6.45, 7) is 2.17. The Morgan fingerprint density at radius 3 is 1.00 bits per heavy atom. The zero-order valence-electron chi connectivity index (χ0n) is 5.72. The van der Waals surface area contributed by atoms with Crippen molar-refractivity contribution in [1.29, 1.82) is 0 Å². The molecule has 0 bridgehead atoms. The summed E-state index contributed by atoms with van der Waals surface area (Å²) in [4.78, 5) is 18.0. The first-order chi connectivity index (χ1) is 3.46. The van der Waals surface area contributed by atoms with Gasteiger partial charge in [0, 0.05) is 50.4 Å². The molecule has 0 aliphatic rings. The predicted molar refractivity (Wildman–Crippen MR) is 26.6 cm³/mol. The molecule has 0 saturated carbocycles. The third kappa shape index (κ3) is 59100. The Labute approximate surface area is 82.2 Å². The molecule has 0 saturated heterocycles. The fraction of sp³-hybridized carbons (Fsp3) is 0.500. The van der Waals surface area contributed by atoms with Gasteiger partial charge < -0.3 is 10.2 Å². The van der Waals surface area contributed by atoms with Gasteiger partial charge in [0.25, 0.3) is 11.9 Å². The van der Waals surface area contributed by atoms with Crippen LogP contribution in [0.3, 0.4) is 0 Å². The van der Waals surface area contributed by atoms with Crippen LogP contribution in [0.4, 0.5) is 0 Å². The zero-order chi connectivity index (χ0) is 7.15. The van der Waals surface area contributed by atoms with Crippen molar-refractivity contribution in [3.8, 4) is 0 Å². The number of carbonyl (C=O) groups is 2. The quantitative estimate of drug-likeness (QED) is 0.600. The molecule has 2 N–H and O–H groups in total. The van der Waals surface area contributed by atoms with E-state index >= 15 is 0 Å². The number of hydrogen-bond acceptors (Lipinski definition) is 2. The topological polar surface area (TPSA) is 74.6 Å². The van der Waals surface area contributed by atoms with Crippen LogP contribution >= 0.6 is 0 Å². The molecule has 0 aromatic heterocycles. The molecular weight excluding hydrogens is 241 g/mol. The van der Waals surface area contributed by atoms with Gasteiger partial charge in [0.05, 0.1) is 0 Å². The molecule has 0 unspecified atom stereocenters. The van der Waals surface area contributed by atoms with E-state index in [1.807, 2.05) is 0 Å². The van der Waals surface area contributed by atoms with Gasteiger partial charge in [-0.25, -0.2) is 0 Å². The van der Waals surface area contributed by atoms with E-state index in [9.17, 15) is 0 Å². The van der Waals surface area contributed by atoms with E-state index in [1.165, 1.54) is 0 Å². The van der Waals surface area contributed by atoms with Gasteiger partial charge in [-0.15, -0.1) is 0 Å². The summed E-state index contributed by atoms with van der Waals surface area (Å²) in [5, 5.41) is 14.8. The minimum Gasteiger partial charge on any atom is -0.481 e. The van der Waals surface area contributed by atoms with Gasteiger partial charge in [-0.1, -0.05) is 0 Å². The van der Waals surface area contributed by atoms with Gasteiger partial charge in [-0.3, -0.25) is 9.59 Å². The van der Waals surface area contributed by atoms with E-state index in [-0.39, 0.29) is 36.5 Å². The Bertz CT molecular complexity index is 75.3. The molecule has 0 spiro atoms. The van der Waals surface area contributed by atoms with E-state index in [0.29, 0.717) is 0 Å². The van der Waals surface area contributed by atoms with Gasteiger partial charge in [0.2, 0.25) is 0 Å². The minimum absolute atomic E-state index is 0. The molecule has 1 radical (unpaired) electrons. The van der Waals surface area contributed by atoms with Crippen molar-refractivity contribution < 1.29 is 56.3 Å². The van der Waals surface area contributed by atoms with Crippen molar-refractivity contribution in [2.75, 3.05) is 0 Å². The molecule has 10 heavy (non-hydrogen) atoms. The average molecular weight is 249 g/mol. The summed E-state index contributed by atoms with van der Waals surface area (Å²) in [5.41, 5.74) is 0. The molecule has 6 heteroatoms. The van der Waals surface area contributed by atoms with Crippen LogP contribution in [0.2, 0.25) is 0 Å². The standard InChI is InChI=1S/2C2H4O2.Cu.Zn/c2*1-2(3)4;;/h2*1H3,(H,3,4);;. The van der Waals surface area contributed by atoms with Crippen LogP contribution in [0.1, 0.15) is 13.8 Å². The third-order valence-electron chi connectivity index (χ3n) is 0. The van der Waals surface area contributed by atoms with Gasteiger partial charge >= 0.3 is 0 Å². The van der Waals surface area contributed by atoms with Crippen LogP contribution in [0.25, 0.3) is 0 Å². The Hall–Kier alpha value is 0.0829. The molecule has 0 heterocycles. The maximum Gasteiger partial charge on any atom is 0.300 e. The molecule has 0 aliphatic carbocycles. The van der Waals surface area contributed by atoms with Crippen LogP contribution in [-0.4, -0.2) is 22.2 Å². The van der Waals surface area contributed by atoms with Crippen LogP contribution in [-0.2, 0) is 46.1 Å². The first kappa shape index (κ1) is 22.5. The third-order valence-corrected chi connectivity index (χ3v) is 0. The first-order valence-electron chi connectivity index (χ1n) is 1.86. The van der Waals surface area contributed by atoms with E-state index < -0.39 is 11.9 Å². The number of rotatable bonds is 0. The maximum atomic E-state index is 9.00. The maximum absolute atomic E-state index is 9.00. The Morgan fingerprint density at radius 1 is 1.00 bits per heavy atom. The molecule has 0 rings (SSSR count). The van der Waals surface area contributed by atoms with Crippen molar-refractivity contribution in [3.63, 3.8) is 0 Å². The number of hydrogen-bond donors (Lipinski definition) is 2. The van der Waals surface area contributed by atoms with Crippen molar-refractivity contribution in [3.05, 3.63) is 0 Å². The summed E-state index contributed by atoms with van der Waals surface area (Å²) >= 11 is 0. The van der Waals surface area contributed by atoms with Gasteiger partial charge in [0.1, 0.15) is 0 Å². The molecule has 0 aliphatic heterocycles. The number of aliphatic carboxylic acids is 2. The number of carboxylic acids is 2. The molecule has 4 nitrogen and oxygen atoms in total. The zero-order valence-corrected chi connectivity index (χ0v) is 9.63. The summed E-state index contributed by atoms with van der Waals surface area (Å²) in [6.07, 6.45) is 0. The van der Waals surface area contributed by atoms with E-state index in [1.54, 1.807) is 0 Å². The fourth-order valence-electron chi connectivity index (χ4n) is 0. The van der Waals surface area contributed by atoms with Crippen LogP contribution in [0.15, 0.2) is 0 Å². The predicted octanol–water partition coefficient (Wildman–Crippen LogP) is 0.177. The van der Waals surface area contributed by atoms with E-state index in [4.69, 9.17) is 19.8 Å². The van der Waals surface area contributed by atoms with Crippen molar-refractivity contribution in [2.24, 2.45) is 0 Å². The fourth-order valence-corrected chi connectivity index (χ4v) is 0. The second kappa shape index (κ2) is 16.0. The molecule has 0 aromatic carbocycles. The normalized spacial score (nSPS) is 5.00. The van der Waals surface area contributed by atoms with Crippen LogP contribution < -0.4 is 0 Å². The van der Waals surface area contributed by atoms with E-state index in [0.717, 1.165) is 13.8 Å². The van der Waals surface area contributed by atoms with Crippen molar-refractivity contribution in [1.82, 2.24) is 0 Å². The SMILES string of the molecule is CC(=O)O.CC(=O)O.[Cu].[Zn]. The average Bonchev–Trinajstić information content (AvgIpc) is 1.25. The first-order valence-corrected chi connectivity index (χ1v) is 1.86. The van der Waals surface area contributed by atoms with Gasteiger partial charge in [-0.05, 0) is 0 Å². The van der Waals surface area contributed by atoms with E-state index in [2.05, 4.69) is 0 Å². The second-order valence-corrected chi connectivity index (χ2v) is 1.04. The molecular formula is C4H8CuO4Zn. The summed E-state index contributed by atoms with van der Waals surface area (Å²) in [7, 11) is 0. The largest absolute Gasteiger partial charge is 0.481 e. The van der Waals surface area contributed by atoms with Crippen molar-refractivity contribution >= 4 is 11.9 Å². The molecule has 0 fully saturated rings. The Kier molecular flexibility index (Phi) is 36.1.